The number of hydrogen-bond donors (Lipinski definition) is 2. The summed E-state index contributed by atoms with van der Waals surface area (Å²) in [5, 5.41) is 13.5. The topological polar surface area (TPSA) is 67.3 Å². The average Bonchev–Trinajstić information content (AvgIpc) is 2.78. The Hall–Kier alpha value is -1.36. The van der Waals surface area contributed by atoms with Crippen molar-refractivity contribution in [3.8, 4) is 5.88 Å². The quantitative estimate of drug-likeness (QED) is 0.836. The van der Waals surface area contributed by atoms with Crippen molar-refractivity contribution in [1.82, 2.24) is 9.97 Å². The van der Waals surface area contributed by atoms with Crippen molar-refractivity contribution in [1.29, 1.82) is 0 Å². The summed E-state index contributed by atoms with van der Waals surface area (Å²) in [7, 11) is 0. The molecule has 0 aromatic carbocycles. The highest BCUT2D eigenvalue weighted by Crippen LogP contribution is 2.30. The van der Waals surface area contributed by atoms with E-state index in [2.05, 4.69) is 15.3 Å². The van der Waals surface area contributed by atoms with E-state index in [4.69, 9.17) is 4.74 Å². The zero-order valence-corrected chi connectivity index (χ0v) is 11.1. The highest BCUT2D eigenvalue weighted by molar-refractivity contribution is 5.47. The van der Waals surface area contributed by atoms with Crippen LogP contribution < -0.4 is 10.1 Å². The molecule has 0 bridgehead atoms. The van der Waals surface area contributed by atoms with Crippen molar-refractivity contribution in [2.24, 2.45) is 0 Å². The summed E-state index contributed by atoms with van der Waals surface area (Å²) in [6.45, 7) is 4.97. The molecule has 0 aliphatic heterocycles. The van der Waals surface area contributed by atoms with Gasteiger partial charge < -0.3 is 15.2 Å². The number of aromatic nitrogens is 2. The Morgan fingerprint density at radius 2 is 2.11 bits per heavy atom. The van der Waals surface area contributed by atoms with E-state index in [9.17, 15) is 5.11 Å². The fourth-order valence-electron chi connectivity index (χ4n) is 2.35. The minimum absolute atomic E-state index is 0.538. The van der Waals surface area contributed by atoms with Crippen LogP contribution >= 0.6 is 0 Å². The lowest BCUT2D eigenvalue weighted by Gasteiger charge is -2.23. The number of hydrogen-bond acceptors (Lipinski definition) is 5. The summed E-state index contributed by atoms with van der Waals surface area (Å²) >= 11 is 0. The number of ether oxygens (including phenoxy) is 1. The zero-order valence-electron chi connectivity index (χ0n) is 11.1. The molecule has 1 aliphatic carbocycles. The van der Waals surface area contributed by atoms with Gasteiger partial charge in [0.25, 0.3) is 0 Å². The van der Waals surface area contributed by atoms with Gasteiger partial charge in [-0.1, -0.05) is 12.8 Å². The Morgan fingerprint density at radius 3 is 2.78 bits per heavy atom. The fourth-order valence-corrected chi connectivity index (χ4v) is 2.35. The normalized spacial score (nSPS) is 17.7. The highest BCUT2D eigenvalue weighted by atomic mass is 16.5. The van der Waals surface area contributed by atoms with Gasteiger partial charge in [-0.05, 0) is 26.7 Å². The maximum atomic E-state index is 10.3. The van der Waals surface area contributed by atoms with Crippen molar-refractivity contribution in [3.05, 3.63) is 11.9 Å². The first-order valence-corrected chi connectivity index (χ1v) is 6.55. The van der Waals surface area contributed by atoms with Gasteiger partial charge in [0.2, 0.25) is 5.88 Å². The number of nitrogens with zero attached hydrogens (tertiary/aromatic N) is 2. The molecule has 0 saturated heterocycles. The first-order chi connectivity index (χ1) is 8.64. The molecule has 2 N–H and O–H groups in total. The monoisotopic (exact) mass is 251 g/mol. The predicted octanol–water partition coefficient (Wildman–Crippen LogP) is 1.90. The number of nitrogens with one attached hydrogen (secondary N) is 1. The first-order valence-electron chi connectivity index (χ1n) is 6.55. The SMILES string of the molecule is CCOc1ncnc(NCC2(O)CCCC2)c1C. The Bertz CT molecular complexity index is 403. The van der Waals surface area contributed by atoms with Gasteiger partial charge in [0.15, 0.2) is 0 Å². The predicted molar refractivity (Wildman–Crippen MR) is 69.8 cm³/mol. The third-order valence-corrected chi connectivity index (χ3v) is 3.44. The molecule has 0 atom stereocenters. The second-order valence-corrected chi connectivity index (χ2v) is 4.87. The summed E-state index contributed by atoms with van der Waals surface area (Å²) in [6.07, 6.45) is 5.42. The maximum Gasteiger partial charge on any atom is 0.221 e. The van der Waals surface area contributed by atoms with Crippen molar-refractivity contribution >= 4 is 5.82 Å². The van der Waals surface area contributed by atoms with Crippen LogP contribution in [0.15, 0.2) is 6.33 Å². The van der Waals surface area contributed by atoms with Crippen LogP contribution in [0.2, 0.25) is 0 Å². The van der Waals surface area contributed by atoms with Crippen molar-refractivity contribution in [2.45, 2.75) is 45.1 Å². The molecule has 18 heavy (non-hydrogen) atoms. The lowest BCUT2D eigenvalue weighted by Crippen LogP contribution is -2.33. The van der Waals surface area contributed by atoms with E-state index in [1.165, 1.54) is 6.33 Å². The van der Waals surface area contributed by atoms with Gasteiger partial charge in [-0.15, -0.1) is 0 Å². The summed E-state index contributed by atoms with van der Waals surface area (Å²) in [6, 6.07) is 0. The smallest absolute Gasteiger partial charge is 0.221 e. The standard InChI is InChI=1S/C13H21N3O2/c1-3-18-12-10(2)11(15-9-16-12)14-8-13(17)6-4-5-7-13/h9,17H,3-8H2,1-2H3,(H,14,15,16). The van der Waals surface area contributed by atoms with Gasteiger partial charge in [0, 0.05) is 6.54 Å². The Morgan fingerprint density at radius 1 is 1.39 bits per heavy atom. The van der Waals surface area contributed by atoms with Gasteiger partial charge in [-0.3, -0.25) is 0 Å². The van der Waals surface area contributed by atoms with E-state index in [1.54, 1.807) is 0 Å². The van der Waals surface area contributed by atoms with E-state index in [-0.39, 0.29) is 0 Å². The van der Waals surface area contributed by atoms with Crippen molar-refractivity contribution in [2.75, 3.05) is 18.5 Å². The molecular weight excluding hydrogens is 230 g/mol. The molecule has 1 aliphatic rings. The minimum Gasteiger partial charge on any atom is -0.478 e. The fraction of sp³-hybridized carbons (Fsp3) is 0.692. The van der Waals surface area contributed by atoms with Gasteiger partial charge >= 0.3 is 0 Å². The molecule has 0 amide bonds. The Kier molecular flexibility index (Phi) is 4.01. The first kappa shape index (κ1) is 13.1. The van der Waals surface area contributed by atoms with Crippen LogP contribution in [0, 0.1) is 6.92 Å². The van der Waals surface area contributed by atoms with E-state index >= 15 is 0 Å². The molecule has 0 unspecified atom stereocenters. The second-order valence-electron chi connectivity index (χ2n) is 4.87. The largest absolute Gasteiger partial charge is 0.478 e. The third kappa shape index (κ3) is 2.90. The van der Waals surface area contributed by atoms with E-state index in [0.717, 1.165) is 37.1 Å². The molecule has 1 aromatic rings. The van der Waals surface area contributed by atoms with Gasteiger partial charge in [-0.25, -0.2) is 9.97 Å². The molecule has 2 rings (SSSR count). The lowest BCUT2D eigenvalue weighted by atomic mass is 10.0. The van der Waals surface area contributed by atoms with Crippen LogP contribution in [0.1, 0.15) is 38.2 Å². The molecule has 0 radical (unpaired) electrons. The summed E-state index contributed by atoms with van der Waals surface area (Å²) in [5.74, 6) is 1.35. The number of aliphatic hydroxyl groups is 1. The molecule has 1 fully saturated rings. The van der Waals surface area contributed by atoms with Gasteiger partial charge in [0.1, 0.15) is 12.1 Å². The van der Waals surface area contributed by atoms with E-state index in [1.807, 2.05) is 13.8 Å². The number of anilines is 1. The molecule has 1 aromatic heterocycles. The molecule has 100 valence electrons. The molecule has 5 nitrogen and oxygen atoms in total. The van der Waals surface area contributed by atoms with Crippen LogP contribution in [0.25, 0.3) is 0 Å². The van der Waals surface area contributed by atoms with Crippen molar-refractivity contribution in [3.63, 3.8) is 0 Å². The molecule has 5 heteroatoms. The van der Waals surface area contributed by atoms with Crippen LogP contribution in [-0.2, 0) is 0 Å². The summed E-state index contributed by atoms with van der Waals surface area (Å²) in [5.41, 5.74) is 0.310. The molecular formula is C13H21N3O2. The van der Waals surface area contributed by atoms with Crippen molar-refractivity contribution < 1.29 is 9.84 Å². The van der Waals surface area contributed by atoms with Crippen LogP contribution in [0.5, 0.6) is 5.88 Å². The Labute approximate surface area is 108 Å². The van der Waals surface area contributed by atoms with Crippen LogP contribution in [-0.4, -0.2) is 33.8 Å². The average molecular weight is 251 g/mol. The molecule has 1 heterocycles. The Balaban J connectivity index is 2.02. The van der Waals surface area contributed by atoms with Crippen LogP contribution in [0.3, 0.4) is 0 Å². The maximum absolute atomic E-state index is 10.3. The molecule has 0 spiro atoms. The third-order valence-electron chi connectivity index (χ3n) is 3.44. The van der Waals surface area contributed by atoms with Gasteiger partial charge in [0.05, 0.1) is 17.8 Å². The highest BCUT2D eigenvalue weighted by Gasteiger charge is 2.31. The zero-order chi connectivity index (χ0) is 13.0. The second kappa shape index (κ2) is 5.52. The van der Waals surface area contributed by atoms with Gasteiger partial charge in [-0.2, -0.15) is 0 Å². The molecule has 1 saturated carbocycles. The van der Waals surface area contributed by atoms with E-state index in [0.29, 0.717) is 19.0 Å². The van der Waals surface area contributed by atoms with E-state index < -0.39 is 5.60 Å². The van der Waals surface area contributed by atoms with Crippen LogP contribution in [0.4, 0.5) is 5.82 Å². The minimum atomic E-state index is -0.580. The summed E-state index contributed by atoms with van der Waals surface area (Å²) in [4.78, 5) is 8.29. The summed E-state index contributed by atoms with van der Waals surface area (Å²) < 4.78 is 5.42. The number of rotatable bonds is 5. The lowest BCUT2D eigenvalue weighted by molar-refractivity contribution is 0.0613.